The van der Waals surface area contributed by atoms with Crippen LogP contribution in [0.25, 0.3) is 11.0 Å². The Morgan fingerprint density at radius 2 is 2.30 bits per heavy atom. The number of aromatic amines is 1. The van der Waals surface area contributed by atoms with Crippen LogP contribution in [0.2, 0.25) is 5.28 Å². The molecule has 4 rings (SSSR count). The first-order valence-corrected chi connectivity index (χ1v) is 7.90. The van der Waals surface area contributed by atoms with Gasteiger partial charge >= 0.3 is 0 Å². The number of aromatic nitrogens is 5. The lowest BCUT2D eigenvalue weighted by Gasteiger charge is -2.23. The highest BCUT2D eigenvalue weighted by Gasteiger charge is 2.21. The second-order valence-electron chi connectivity index (χ2n) is 5.69. The van der Waals surface area contributed by atoms with E-state index in [9.17, 15) is 0 Å². The van der Waals surface area contributed by atoms with Gasteiger partial charge in [0.2, 0.25) is 5.28 Å². The molecule has 2 N–H and O–H groups in total. The first kappa shape index (κ1) is 14.1. The molecule has 0 bridgehead atoms. The van der Waals surface area contributed by atoms with Crippen molar-refractivity contribution >= 4 is 34.3 Å². The monoisotopic (exact) mass is 326 g/mol. The summed E-state index contributed by atoms with van der Waals surface area (Å²) in [5.41, 5.74) is 1.88. The van der Waals surface area contributed by atoms with Crippen LogP contribution in [0.5, 0.6) is 0 Å². The Hall–Kier alpha value is -2.52. The molecule has 23 heavy (non-hydrogen) atoms. The number of H-pyrrole nitrogens is 1. The van der Waals surface area contributed by atoms with Crippen LogP contribution in [0.1, 0.15) is 30.9 Å². The topological polar surface area (TPSA) is 71.4 Å². The van der Waals surface area contributed by atoms with E-state index in [0.29, 0.717) is 23.9 Å². The summed E-state index contributed by atoms with van der Waals surface area (Å²) in [6, 6.07) is 3.95. The van der Waals surface area contributed by atoms with Crippen LogP contribution in [0, 0.1) is 12.3 Å². The van der Waals surface area contributed by atoms with Crippen molar-refractivity contribution in [2.75, 3.05) is 5.32 Å². The SMILES string of the molecule is C#CCn1ccc2c(Nc3cc(C4CCC4)[nH]n3)nc(Cl)nc21. The molecule has 3 aromatic rings. The summed E-state index contributed by atoms with van der Waals surface area (Å²) < 4.78 is 1.86. The van der Waals surface area contributed by atoms with Crippen LogP contribution < -0.4 is 5.32 Å². The van der Waals surface area contributed by atoms with Crippen molar-refractivity contribution in [2.24, 2.45) is 0 Å². The fourth-order valence-corrected chi connectivity index (χ4v) is 2.97. The van der Waals surface area contributed by atoms with Crippen LogP contribution in [-0.2, 0) is 6.54 Å². The van der Waals surface area contributed by atoms with Gasteiger partial charge < -0.3 is 9.88 Å². The van der Waals surface area contributed by atoms with Crippen molar-refractivity contribution in [3.05, 3.63) is 29.3 Å². The maximum absolute atomic E-state index is 6.05. The molecule has 3 heterocycles. The minimum absolute atomic E-state index is 0.173. The molecule has 3 aromatic heterocycles. The lowest BCUT2D eigenvalue weighted by molar-refractivity contribution is 0.410. The van der Waals surface area contributed by atoms with Gasteiger partial charge in [0.25, 0.3) is 0 Å². The van der Waals surface area contributed by atoms with Gasteiger partial charge in [-0.25, -0.2) is 0 Å². The highest BCUT2D eigenvalue weighted by atomic mass is 35.5. The molecule has 1 saturated carbocycles. The van der Waals surface area contributed by atoms with E-state index in [4.69, 9.17) is 18.0 Å². The number of nitrogens with zero attached hydrogens (tertiary/aromatic N) is 4. The van der Waals surface area contributed by atoms with Gasteiger partial charge in [-0.3, -0.25) is 5.10 Å². The third-order valence-electron chi connectivity index (χ3n) is 4.24. The smallest absolute Gasteiger partial charge is 0.226 e. The number of anilines is 2. The minimum atomic E-state index is 0.173. The van der Waals surface area contributed by atoms with E-state index in [-0.39, 0.29) is 5.28 Å². The Morgan fingerprint density at radius 1 is 1.43 bits per heavy atom. The molecule has 0 aliphatic heterocycles. The summed E-state index contributed by atoms with van der Waals surface area (Å²) in [5, 5.41) is 11.7. The summed E-state index contributed by atoms with van der Waals surface area (Å²) >= 11 is 6.05. The molecule has 1 fully saturated rings. The van der Waals surface area contributed by atoms with E-state index >= 15 is 0 Å². The fourth-order valence-electron chi connectivity index (χ4n) is 2.81. The van der Waals surface area contributed by atoms with Crippen molar-refractivity contribution in [1.82, 2.24) is 24.7 Å². The van der Waals surface area contributed by atoms with Crippen molar-refractivity contribution in [3.8, 4) is 12.3 Å². The number of halogens is 1. The lowest BCUT2D eigenvalue weighted by Crippen LogP contribution is -2.08. The molecule has 0 aromatic carbocycles. The second-order valence-corrected chi connectivity index (χ2v) is 6.03. The minimum Gasteiger partial charge on any atom is -0.323 e. The van der Waals surface area contributed by atoms with Crippen molar-refractivity contribution in [2.45, 2.75) is 31.7 Å². The Morgan fingerprint density at radius 3 is 3.04 bits per heavy atom. The maximum Gasteiger partial charge on any atom is 0.226 e. The molecule has 0 unspecified atom stereocenters. The molecular formula is C16H15ClN6. The first-order valence-electron chi connectivity index (χ1n) is 7.53. The Kier molecular flexibility index (Phi) is 3.43. The van der Waals surface area contributed by atoms with Crippen molar-refractivity contribution in [3.63, 3.8) is 0 Å². The molecule has 7 heteroatoms. The lowest BCUT2D eigenvalue weighted by atomic mass is 9.83. The van der Waals surface area contributed by atoms with E-state index in [0.717, 1.165) is 11.2 Å². The predicted molar refractivity (Wildman–Crippen MR) is 89.8 cm³/mol. The van der Waals surface area contributed by atoms with Gasteiger partial charge in [-0.05, 0) is 30.5 Å². The van der Waals surface area contributed by atoms with Gasteiger partial charge in [0.05, 0.1) is 11.9 Å². The van der Waals surface area contributed by atoms with Crippen LogP contribution in [0.3, 0.4) is 0 Å². The number of hydrogen-bond donors (Lipinski definition) is 2. The largest absolute Gasteiger partial charge is 0.323 e. The summed E-state index contributed by atoms with van der Waals surface area (Å²) in [4.78, 5) is 8.55. The first-order chi connectivity index (χ1) is 11.2. The van der Waals surface area contributed by atoms with Crippen molar-refractivity contribution < 1.29 is 0 Å². The number of rotatable bonds is 4. The summed E-state index contributed by atoms with van der Waals surface area (Å²) in [5.74, 6) is 4.56. The highest BCUT2D eigenvalue weighted by molar-refractivity contribution is 6.28. The quantitative estimate of drug-likeness (QED) is 0.569. The standard InChI is InChI=1S/C16H15ClN6/c1-2-7-23-8-6-11-14(19-16(17)20-15(11)23)18-13-9-12(21-22-13)10-4-3-5-10/h1,6,8-10H,3-5,7H2,(H2,18,19,20,21,22). The van der Waals surface area contributed by atoms with E-state index in [1.165, 1.54) is 25.0 Å². The fraction of sp³-hybridized carbons (Fsp3) is 0.312. The average molecular weight is 327 g/mol. The van der Waals surface area contributed by atoms with Gasteiger partial charge in [-0.1, -0.05) is 12.3 Å². The van der Waals surface area contributed by atoms with E-state index < -0.39 is 0 Å². The highest BCUT2D eigenvalue weighted by Crippen LogP contribution is 2.36. The normalized spacial score (nSPS) is 14.6. The molecule has 0 saturated heterocycles. The summed E-state index contributed by atoms with van der Waals surface area (Å²) in [6.07, 6.45) is 11.0. The average Bonchev–Trinajstić information content (AvgIpc) is 3.06. The van der Waals surface area contributed by atoms with Gasteiger partial charge in [0, 0.05) is 23.9 Å². The molecule has 1 aliphatic carbocycles. The molecule has 1 aliphatic rings. The Balaban J connectivity index is 1.68. The molecule has 116 valence electrons. The second kappa shape index (κ2) is 5.60. The molecule has 0 radical (unpaired) electrons. The van der Waals surface area contributed by atoms with Gasteiger partial charge in [0.15, 0.2) is 5.82 Å². The molecule has 0 spiro atoms. The third kappa shape index (κ3) is 2.53. The summed E-state index contributed by atoms with van der Waals surface area (Å²) in [7, 11) is 0. The number of fused-ring (bicyclic) bond motifs is 1. The van der Waals surface area contributed by atoms with E-state index in [1.807, 2.05) is 22.9 Å². The third-order valence-corrected chi connectivity index (χ3v) is 4.41. The van der Waals surface area contributed by atoms with Crippen LogP contribution in [0.15, 0.2) is 18.3 Å². The molecule has 0 atom stereocenters. The Bertz CT molecular complexity index is 899. The summed E-state index contributed by atoms with van der Waals surface area (Å²) in [6.45, 7) is 0.435. The zero-order valence-electron chi connectivity index (χ0n) is 12.4. The maximum atomic E-state index is 6.05. The number of nitrogens with one attached hydrogen (secondary N) is 2. The number of hydrogen-bond acceptors (Lipinski definition) is 4. The van der Waals surface area contributed by atoms with Gasteiger partial charge in [-0.15, -0.1) is 6.42 Å². The van der Waals surface area contributed by atoms with Crippen LogP contribution in [-0.4, -0.2) is 24.7 Å². The van der Waals surface area contributed by atoms with Crippen molar-refractivity contribution in [1.29, 1.82) is 0 Å². The molecular weight excluding hydrogens is 312 g/mol. The van der Waals surface area contributed by atoms with Crippen LogP contribution in [0.4, 0.5) is 11.6 Å². The van der Waals surface area contributed by atoms with Gasteiger partial charge in [0.1, 0.15) is 11.5 Å². The zero-order valence-corrected chi connectivity index (χ0v) is 13.1. The van der Waals surface area contributed by atoms with E-state index in [2.05, 4.69) is 31.4 Å². The Labute approximate surface area is 138 Å². The van der Waals surface area contributed by atoms with Crippen LogP contribution >= 0.6 is 11.6 Å². The molecule has 0 amide bonds. The number of terminal acetylenes is 1. The zero-order chi connectivity index (χ0) is 15.8. The molecule has 6 nitrogen and oxygen atoms in total. The predicted octanol–water partition coefficient (Wildman–Crippen LogP) is 3.45. The van der Waals surface area contributed by atoms with Gasteiger partial charge in [-0.2, -0.15) is 15.1 Å². The van der Waals surface area contributed by atoms with E-state index in [1.54, 1.807) is 0 Å².